The Hall–Kier alpha value is -1.32. The zero-order valence-corrected chi connectivity index (χ0v) is 12.1. The quantitative estimate of drug-likeness (QED) is 0.729. The number of hydrogen-bond donors (Lipinski definition) is 0. The van der Waals surface area contributed by atoms with Crippen molar-refractivity contribution < 1.29 is 9.18 Å². The topological polar surface area (TPSA) is 17.1 Å². The monoisotopic (exact) mass is 294 g/mol. The van der Waals surface area contributed by atoms with E-state index in [4.69, 9.17) is 11.6 Å². The number of halogens is 2. The van der Waals surface area contributed by atoms with Crippen LogP contribution in [-0.2, 0) is 0 Å². The number of aryl methyl sites for hydroxylation is 1. The van der Waals surface area contributed by atoms with Crippen LogP contribution in [0.1, 0.15) is 22.8 Å². The van der Waals surface area contributed by atoms with Crippen LogP contribution in [0.15, 0.2) is 46.2 Å². The Kier molecular flexibility index (Phi) is 4.27. The third kappa shape index (κ3) is 3.17. The molecular formula is C15H12ClFOS. The third-order valence-corrected chi connectivity index (χ3v) is 4.27. The molecule has 2 rings (SSSR count). The van der Waals surface area contributed by atoms with Gasteiger partial charge in [0.1, 0.15) is 5.82 Å². The molecule has 0 fully saturated rings. The predicted octanol–water partition coefficient (Wildman–Crippen LogP) is 5.14. The molecule has 2 aromatic rings. The first-order chi connectivity index (χ1) is 8.99. The number of Topliss-reactive ketones (excluding diaryl/α,β-unsaturated/α-hetero) is 1. The third-order valence-electron chi connectivity index (χ3n) is 2.70. The molecule has 0 spiro atoms. The number of carbonyl (C=O) groups excluding carboxylic acids is 1. The van der Waals surface area contributed by atoms with Gasteiger partial charge in [-0.15, -0.1) is 0 Å². The summed E-state index contributed by atoms with van der Waals surface area (Å²) in [5.74, 6) is -0.526. The fourth-order valence-electron chi connectivity index (χ4n) is 1.66. The fourth-order valence-corrected chi connectivity index (χ4v) is 3.01. The van der Waals surface area contributed by atoms with Gasteiger partial charge < -0.3 is 0 Å². The molecule has 0 saturated heterocycles. The molecule has 0 unspecified atom stereocenters. The lowest BCUT2D eigenvalue weighted by molar-refractivity contribution is 0.101. The lowest BCUT2D eigenvalue weighted by atomic mass is 10.1. The summed E-state index contributed by atoms with van der Waals surface area (Å²) in [5, 5.41) is 0.615. The molecule has 98 valence electrons. The SMILES string of the molecule is CC(=O)c1cc(F)c(C)cc1Sc1ccccc1Cl. The van der Waals surface area contributed by atoms with Gasteiger partial charge in [0, 0.05) is 15.4 Å². The number of hydrogen-bond acceptors (Lipinski definition) is 2. The van der Waals surface area contributed by atoms with Gasteiger partial charge in [-0.05, 0) is 43.7 Å². The minimum Gasteiger partial charge on any atom is -0.294 e. The maximum Gasteiger partial charge on any atom is 0.161 e. The molecule has 4 heteroatoms. The van der Waals surface area contributed by atoms with Crippen LogP contribution in [-0.4, -0.2) is 5.78 Å². The summed E-state index contributed by atoms with van der Waals surface area (Å²) in [6.45, 7) is 3.11. The van der Waals surface area contributed by atoms with Gasteiger partial charge in [-0.25, -0.2) is 4.39 Å². The molecular weight excluding hydrogens is 283 g/mol. The van der Waals surface area contributed by atoms with Gasteiger partial charge in [-0.2, -0.15) is 0 Å². The molecule has 0 aliphatic heterocycles. The van der Waals surface area contributed by atoms with E-state index in [1.54, 1.807) is 19.1 Å². The van der Waals surface area contributed by atoms with Crippen LogP contribution < -0.4 is 0 Å². The van der Waals surface area contributed by atoms with Gasteiger partial charge in [0.2, 0.25) is 0 Å². The molecule has 0 atom stereocenters. The highest BCUT2D eigenvalue weighted by molar-refractivity contribution is 7.99. The van der Waals surface area contributed by atoms with E-state index < -0.39 is 0 Å². The van der Waals surface area contributed by atoms with E-state index >= 15 is 0 Å². The van der Waals surface area contributed by atoms with Crippen molar-refractivity contribution in [3.05, 3.63) is 58.4 Å². The Bertz CT molecular complexity index is 640. The van der Waals surface area contributed by atoms with Crippen LogP contribution in [0.25, 0.3) is 0 Å². The average Bonchev–Trinajstić information content (AvgIpc) is 2.36. The maximum atomic E-state index is 13.6. The molecule has 0 bridgehead atoms. The first kappa shape index (κ1) is 14.1. The molecule has 0 aromatic heterocycles. The summed E-state index contributed by atoms with van der Waals surface area (Å²) in [4.78, 5) is 13.2. The number of rotatable bonds is 3. The summed E-state index contributed by atoms with van der Waals surface area (Å²) < 4.78 is 13.6. The summed E-state index contributed by atoms with van der Waals surface area (Å²) in [7, 11) is 0. The number of carbonyl (C=O) groups is 1. The Morgan fingerprint density at radius 1 is 1.21 bits per heavy atom. The van der Waals surface area contributed by atoms with Gasteiger partial charge in [0.25, 0.3) is 0 Å². The molecule has 0 aliphatic rings. The van der Waals surface area contributed by atoms with E-state index in [0.717, 1.165) is 9.79 Å². The summed E-state index contributed by atoms with van der Waals surface area (Å²) in [6.07, 6.45) is 0. The predicted molar refractivity (Wildman–Crippen MR) is 76.7 cm³/mol. The first-order valence-electron chi connectivity index (χ1n) is 5.72. The highest BCUT2D eigenvalue weighted by Gasteiger charge is 2.13. The Labute approximate surface area is 120 Å². The minimum atomic E-state index is -0.367. The van der Waals surface area contributed by atoms with Gasteiger partial charge in [0.15, 0.2) is 5.78 Å². The van der Waals surface area contributed by atoms with E-state index in [-0.39, 0.29) is 11.6 Å². The second-order valence-corrected chi connectivity index (χ2v) is 5.68. The highest BCUT2D eigenvalue weighted by atomic mass is 35.5. The van der Waals surface area contributed by atoms with Crippen LogP contribution in [0.2, 0.25) is 5.02 Å². The summed E-state index contributed by atoms with van der Waals surface area (Å²) in [6, 6.07) is 10.3. The molecule has 0 radical (unpaired) electrons. The Morgan fingerprint density at radius 3 is 2.53 bits per heavy atom. The molecule has 19 heavy (non-hydrogen) atoms. The van der Waals surface area contributed by atoms with Gasteiger partial charge in [-0.1, -0.05) is 35.5 Å². The largest absolute Gasteiger partial charge is 0.294 e. The van der Waals surface area contributed by atoms with Gasteiger partial charge >= 0.3 is 0 Å². The number of ketones is 1. The Balaban J connectivity index is 2.48. The van der Waals surface area contributed by atoms with Gasteiger partial charge in [-0.3, -0.25) is 4.79 Å². The van der Waals surface area contributed by atoms with Crippen molar-refractivity contribution in [3.63, 3.8) is 0 Å². The van der Waals surface area contributed by atoms with Crippen molar-refractivity contribution in [2.24, 2.45) is 0 Å². The standard InChI is InChI=1S/C15H12ClFOS/c1-9-7-15(11(10(2)18)8-13(9)17)19-14-6-4-3-5-12(14)16/h3-8H,1-2H3. The fraction of sp³-hybridized carbons (Fsp3) is 0.133. The number of benzene rings is 2. The normalized spacial score (nSPS) is 10.5. The zero-order valence-electron chi connectivity index (χ0n) is 10.5. The smallest absolute Gasteiger partial charge is 0.161 e. The van der Waals surface area contributed by atoms with E-state index in [1.807, 2.05) is 18.2 Å². The van der Waals surface area contributed by atoms with Crippen LogP contribution in [0.4, 0.5) is 4.39 Å². The van der Waals surface area contributed by atoms with Crippen molar-refractivity contribution >= 4 is 29.1 Å². The highest BCUT2D eigenvalue weighted by Crippen LogP contribution is 2.36. The van der Waals surface area contributed by atoms with Crippen molar-refractivity contribution in [3.8, 4) is 0 Å². The minimum absolute atomic E-state index is 0.159. The molecule has 2 aromatic carbocycles. The van der Waals surface area contributed by atoms with Gasteiger partial charge in [0.05, 0.1) is 5.02 Å². The van der Waals surface area contributed by atoms with Crippen LogP contribution in [0, 0.1) is 12.7 Å². The van der Waals surface area contributed by atoms with E-state index in [0.29, 0.717) is 16.1 Å². The lowest BCUT2D eigenvalue weighted by Gasteiger charge is -2.10. The zero-order chi connectivity index (χ0) is 14.0. The van der Waals surface area contributed by atoms with Crippen LogP contribution in [0.5, 0.6) is 0 Å². The molecule has 1 nitrogen and oxygen atoms in total. The summed E-state index contributed by atoms with van der Waals surface area (Å²) >= 11 is 7.47. The van der Waals surface area contributed by atoms with E-state index in [9.17, 15) is 9.18 Å². The second-order valence-electron chi connectivity index (χ2n) is 4.19. The lowest BCUT2D eigenvalue weighted by Crippen LogP contribution is -1.98. The van der Waals surface area contributed by atoms with Crippen LogP contribution >= 0.6 is 23.4 Å². The maximum absolute atomic E-state index is 13.6. The van der Waals surface area contributed by atoms with E-state index in [2.05, 4.69) is 0 Å². The van der Waals surface area contributed by atoms with Crippen LogP contribution in [0.3, 0.4) is 0 Å². The van der Waals surface area contributed by atoms with Crippen molar-refractivity contribution in [2.45, 2.75) is 23.6 Å². The molecule has 0 saturated carbocycles. The first-order valence-corrected chi connectivity index (χ1v) is 6.92. The second kappa shape index (κ2) is 5.76. The molecule has 0 heterocycles. The van der Waals surface area contributed by atoms with Crippen molar-refractivity contribution in [1.82, 2.24) is 0 Å². The molecule has 0 N–H and O–H groups in total. The Morgan fingerprint density at radius 2 is 1.89 bits per heavy atom. The molecule has 0 aliphatic carbocycles. The van der Waals surface area contributed by atoms with Crippen molar-refractivity contribution in [2.75, 3.05) is 0 Å². The molecule has 0 amide bonds. The van der Waals surface area contributed by atoms with E-state index in [1.165, 1.54) is 24.8 Å². The average molecular weight is 295 g/mol. The van der Waals surface area contributed by atoms with Crippen molar-refractivity contribution in [1.29, 1.82) is 0 Å². The summed E-state index contributed by atoms with van der Waals surface area (Å²) in [5.41, 5.74) is 0.896.